The average molecular weight is 466 g/mol. The summed E-state index contributed by atoms with van der Waals surface area (Å²) in [6, 6.07) is 3.99. The highest BCUT2D eigenvalue weighted by Crippen LogP contribution is 2.32. The monoisotopic (exact) mass is 465 g/mol. The Hall–Kier alpha value is -2.88. The first-order chi connectivity index (χ1) is 15.3. The largest absolute Gasteiger partial charge is 0.416 e. The molecule has 1 aromatic heterocycles. The molecule has 0 fully saturated rings. The number of rotatable bonds is 4. The number of carbonyl (C=O) groups excluding carboxylic acids is 2. The van der Waals surface area contributed by atoms with Crippen LogP contribution in [0.25, 0.3) is 11.4 Å². The van der Waals surface area contributed by atoms with Gasteiger partial charge in [0.15, 0.2) is 5.69 Å². The molecule has 33 heavy (non-hydrogen) atoms. The van der Waals surface area contributed by atoms with Crippen LogP contribution >= 0.6 is 0 Å². The SMILES string of the molecule is CNC(=O)C(NC(=O)c1nc(-c2ccc(C(F)(F)F)cc2)n2c1CN(C)CCC2)C(C)(C)C. The molecule has 0 radical (unpaired) electrons. The number of alkyl halides is 3. The Morgan fingerprint density at radius 1 is 1.09 bits per heavy atom. The Balaban J connectivity index is 2.05. The van der Waals surface area contributed by atoms with E-state index in [0.29, 0.717) is 30.2 Å². The number of fused-ring (bicyclic) bond motifs is 1. The fraction of sp³-hybridized carbons (Fsp3) is 0.522. The number of halogens is 3. The Labute approximate surface area is 191 Å². The topological polar surface area (TPSA) is 79.3 Å². The second-order valence-corrected chi connectivity index (χ2v) is 9.44. The van der Waals surface area contributed by atoms with E-state index in [9.17, 15) is 22.8 Å². The Morgan fingerprint density at radius 3 is 2.27 bits per heavy atom. The van der Waals surface area contributed by atoms with Crippen LogP contribution in [-0.2, 0) is 24.1 Å². The molecule has 1 aliphatic rings. The molecule has 1 unspecified atom stereocenters. The lowest BCUT2D eigenvalue weighted by molar-refractivity contribution is -0.137. The Morgan fingerprint density at radius 2 is 1.73 bits per heavy atom. The summed E-state index contributed by atoms with van der Waals surface area (Å²) < 4.78 is 40.9. The molecule has 0 saturated heterocycles. The molecule has 1 aromatic carbocycles. The number of hydrogen-bond acceptors (Lipinski definition) is 4. The van der Waals surface area contributed by atoms with Gasteiger partial charge in [0.2, 0.25) is 5.91 Å². The van der Waals surface area contributed by atoms with Gasteiger partial charge in [-0.15, -0.1) is 0 Å². The summed E-state index contributed by atoms with van der Waals surface area (Å²) in [6.45, 7) is 7.38. The fourth-order valence-corrected chi connectivity index (χ4v) is 3.95. The van der Waals surface area contributed by atoms with Crippen LogP contribution in [0, 0.1) is 5.41 Å². The van der Waals surface area contributed by atoms with Crippen LogP contribution in [0.1, 0.15) is 48.9 Å². The van der Waals surface area contributed by atoms with Gasteiger partial charge in [0.25, 0.3) is 5.91 Å². The highest BCUT2D eigenvalue weighted by atomic mass is 19.4. The number of nitrogens with one attached hydrogen (secondary N) is 2. The van der Waals surface area contributed by atoms with Crippen LogP contribution in [0.5, 0.6) is 0 Å². The lowest BCUT2D eigenvalue weighted by Crippen LogP contribution is -2.53. The van der Waals surface area contributed by atoms with Gasteiger partial charge in [0, 0.05) is 25.7 Å². The molecule has 2 heterocycles. The van der Waals surface area contributed by atoms with Gasteiger partial charge in [-0.2, -0.15) is 13.2 Å². The third-order valence-corrected chi connectivity index (χ3v) is 5.75. The summed E-state index contributed by atoms with van der Waals surface area (Å²) >= 11 is 0. The molecule has 2 aromatic rings. The summed E-state index contributed by atoms with van der Waals surface area (Å²) in [5.74, 6) is -0.372. The predicted molar refractivity (Wildman–Crippen MR) is 118 cm³/mol. The number of benzene rings is 1. The molecule has 0 saturated carbocycles. The molecule has 2 amide bonds. The van der Waals surface area contributed by atoms with E-state index in [0.717, 1.165) is 25.1 Å². The van der Waals surface area contributed by atoms with Crippen molar-refractivity contribution in [3.63, 3.8) is 0 Å². The second kappa shape index (κ2) is 9.17. The van der Waals surface area contributed by atoms with Crippen molar-refractivity contribution in [1.82, 2.24) is 25.1 Å². The first kappa shape index (κ1) is 24.8. The van der Waals surface area contributed by atoms with Crippen LogP contribution in [-0.4, -0.2) is 52.9 Å². The molecular formula is C23H30F3N5O2. The van der Waals surface area contributed by atoms with Gasteiger partial charge in [-0.3, -0.25) is 9.59 Å². The van der Waals surface area contributed by atoms with Crippen LogP contribution < -0.4 is 10.6 Å². The van der Waals surface area contributed by atoms with Gasteiger partial charge in [0.05, 0.1) is 11.3 Å². The lowest BCUT2D eigenvalue weighted by atomic mass is 9.86. The van der Waals surface area contributed by atoms with Crippen molar-refractivity contribution in [2.45, 2.75) is 52.5 Å². The average Bonchev–Trinajstić information content (AvgIpc) is 2.96. The Kier molecular flexibility index (Phi) is 6.88. The van der Waals surface area contributed by atoms with E-state index < -0.39 is 29.1 Å². The summed E-state index contributed by atoms with van der Waals surface area (Å²) in [5.41, 5.74) is 0.0555. The minimum atomic E-state index is -4.43. The van der Waals surface area contributed by atoms with Crippen LogP contribution in [0.2, 0.25) is 0 Å². The van der Waals surface area contributed by atoms with E-state index in [2.05, 4.69) is 20.5 Å². The minimum absolute atomic E-state index is 0.178. The molecule has 7 nitrogen and oxygen atoms in total. The highest BCUT2D eigenvalue weighted by Gasteiger charge is 2.35. The summed E-state index contributed by atoms with van der Waals surface area (Å²) in [6.07, 6.45) is -3.63. The summed E-state index contributed by atoms with van der Waals surface area (Å²) in [7, 11) is 3.44. The standard InChI is InChI=1S/C23H30F3N5O2/c1-22(2,3)18(21(33)27-4)29-20(32)17-16-13-30(5)11-6-12-31(16)19(28-17)14-7-9-15(10-8-14)23(24,25)26/h7-10,18H,6,11-13H2,1-5H3,(H,27,33)(H,29,32). The van der Waals surface area contributed by atoms with Crippen LogP contribution in [0.15, 0.2) is 24.3 Å². The third kappa shape index (κ3) is 5.38. The van der Waals surface area contributed by atoms with Crippen molar-refractivity contribution < 1.29 is 22.8 Å². The molecule has 10 heteroatoms. The van der Waals surface area contributed by atoms with Crippen molar-refractivity contribution in [2.24, 2.45) is 5.41 Å². The zero-order chi connectivity index (χ0) is 24.6. The molecule has 2 N–H and O–H groups in total. The van der Waals surface area contributed by atoms with Crippen LogP contribution in [0.3, 0.4) is 0 Å². The maximum atomic E-state index is 13.3. The first-order valence-electron chi connectivity index (χ1n) is 10.8. The fourth-order valence-electron chi connectivity index (χ4n) is 3.95. The van der Waals surface area contributed by atoms with Gasteiger partial charge in [-0.1, -0.05) is 32.9 Å². The lowest BCUT2D eigenvalue weighted by Gasteiger charge is -2.29. The van der Waals surface area contributed by atoms with E-state index in [4.69, 9.17) is 0 Å². The normalized spacial score (nSPS) is 16.0. The quantitative estimate of drug-likeness (QED) is 0.726. The van der Waals surface area contributed by atoms with Crippen molar-refractivity contribution in [3.8, 4) is 11.4 Å². The molecular weight excluding hydrogens is 435 g/mol. The van der Waals surface area contributed by atoms with Crippen molar-refractivity contribution in [1.29, 1.82) is 0 Å². The number of hydrogen-bond donors (Lipinski definition) is 2. The molecule has 0 aliphatic carbocycles. The molecule has 0 bridgehead atoms. The van der Waals surface area contributed by atoms with E-state index in [1.54, 1.807) is 0 Å². The van der Waals surface area contributed by atoms with Crippen molar-refractivity contribution in [3.05, 3.63) is 41.2 Å². The summed E-state index contributed by atoms with van der Waals surface area (Å²) in [4.78, 5) is 32.3. The molecule has 3 rings (SSSR count). The number of aromatic nitrogens is 2. The maximum Gasteiger partial charge on any atom is 0.416 e. The van der Waals surface area contributed by atoms with E-state index in [1.807, 2.05) is 32.4 Å². The molecule has 1 atom stereocenters. The Bertz CT molecular complexity index is 1020. The van der Waals surface area contributed by atoms with Gasteiger partial charge in [-0.25, -0.2) is 4.98 Å². The van der Waals surface area contributed by atoms with E-state index in [-0.39, 0.29) is 11.6 Å². The van der Waals surface area contributed by atoms with Gasteiger partial charge in [0.1, 0.15) is 11.9 Å². The molecule has 180 valence electrons. The van der Waals surface area contributed by atoms with Gasteiger partial charge >= 0.3 is 6.18 Å². The number of nitrogens with zero attached hydrogens (tertiary/aromatic N) is 3. The van der Waals surface area contributed by atoms with Crippen molar-refractivity contribution >= 4 is 11.8 Å². The molecule has 0 spiro atoms. The minimum Gasteiger partial charge on any atom is -0.357 e. The van der Waals surface area contributed by atoms with Crippen molar-refractivity contribution in [2.75, 3.05) is 20.6 Å². The first-order valence-corrected chi connectivity index (χ1v) is 10.8. The van der Waals surface area contributed by atoms with E-state index in [1.165, 1.54) is 19.2 Å². The van der Waals surface area contributed by atoms with Crippen LogP contribution in [0.4, 0.5) is 13.2 Å². The summed E-state index contributed by atoms with van der Waals surface area (Å²) in [5, 5.41) is 5.39. The maximum absolute atomic E-state index is 13.3. The zero-order valence-corrected chi connectivity index (χ0v) is 19.5. The number of imidazole rings is 1. The van der Waals surface area contributed by atoms with Gasteiger partial charge in [-0.05, 0) is 37.6 Å². The third-order valence-electron chi connectivity index (χ3n) is 5.75. The second-order valence-electron chi connectivity index (χ2n) is 9.44. The number of likely N-dealkylation sites (N-methyl/N-ethyl adjacent to an activating group) is 1. The molecule has 1 aliphatic heterocycles. The number of carbonyl (C=O) groups is 2. The predicted octanol–water partition coefficient (Wildman–Crippen LogP) is 3.29. The smallest absolute Gasteiger partial charge is 0.357 e. The number of amides is 2. The van der Waals surface area contributed by atoms with Gasteiger partial charge < -0.3 is 20.1 Å². The zero-order valence-electron chi connectivity index (χ0n) is 19.5. The highest BCUT2D eigenvalue weighted by molar-refractivity contribution is 5.97. The van der Waals surface area contributed by atoms with E-state index >= 15 is 0 Å².